The molecular weight excluding hydrogens is 329 g/mol. The van der Waals surface area contributed by atoms with Gasteiger partial charge >= 0.3 is 0 Å². The highest BCUT2D eigenvalue weighted by Gasteiger charge is 2.26. The van der Waals surface area contributed by atoms with Crippen LogP contribution in [-0.4, -0.2) is 9.97 Å². The molecule has 0 atom stereocenters. The van der Waals surface area contributed by atoms with Crippen molar-refractivity contribution in [2.45, 2.75) is 4.90 Å². The largest absolute Gasteiger partial charge is 0.314 e. The third-order valence-electron chi connectivity index (χ3n) is 2.34. The summed E-state index contributed by atoms with van der Waals surface area (Å²) >= 11 is 0.0476. The molecule has 0 amide bonds. The number of aromatic nitrogens is 2. The Kier molecular flexibility index (Phi) is 4.19. The van der Waals surface area contributed by atoms with Gasteiger partial charge in [0.1, 0.15) is 17.0 Å². The van der Waals surface area contributed by atoms with E-state index in [1.54, 1.807) is 12.1 Å². The van der Waals surface area contributed by atoms with Gasteiger partial charge < -0.3 is 4.98 Å². The van der Waals surface area contributed by atoms with Crippen LogP contribution < -0.4 is 4.72 Å². The van der Waals surface area contributed by atoms with Crippen molar-refractivity contribution in [1.82, 2.24) is 9.97 Å². The highest BCUT2D eigenvalue weighted by molar-refractivity contribution is 8.00. The average molecular weight is 331 g/mol. The molecule has 0 aliphatic rings. The number of hydrogen-bond donors (Lipinski definition) is 2. The predicted octanol–water partition coefficient (Wildman–Crippen LogP) is 2.97. The molecule has 0 unspecified atom stereocenters. The molecule has 0 aliphatic carbocycles. The standard InChI is InChI=1S/C11H2F5N5S/c12-5-6(13)8(15)10(9(16)7(5)14)22-21-11-19-3(1-17)4(2-18)20-11/h(H2,19,20,21). The van der Waals surface area contributed by atoms with Crippen LogP contribution >= 0.6 is 11.9 Å². The van der Waals surface area contributed by atoms with Crippen LogP contribution in [0.25, 0.3) is 0 Å². The number of benzene rings is 1. The summed E-state index contributed by atoms with van der Waals surface area (Å²) in [6.07, 6.45) is 0. The van der Waals surface area contributed by atoms with Gasteiger partial charge in [-0.3, -0.25) is 4.72 Å². The van der Waals surface area contributed by atoms with Gasteiger partial charge in [0.05, 0.1) is 0 Å². The Morgan fingerprint density at radius 1 is 0.909 bits per heavy atom. The Morgan fingerprint density at radius 3 is 1.91 bits per heavy atom. The van der Waals surface area contributed by atoms with Gasteiger partial charge in [-0.2, -0.15) is 10.5 Å². The number of aromatic amines is 1. The van der Waals surface area contributed by atoms with E-state index in [-0.39, 0.29) is 29.3 Å². The third kappa shape index (κ3) is 2.54. The van der Waals surface area contributed by atoms with Gasteiger partial charge in [-0.25, -0.2) is 26.9 Å². The molecule has 2 rings (SSSR count). The zero-order chi connectivity index (χ0) is 16.4. The molecule has 0 saturated carbocycles. The summed E-state index contributed by atoms with van der Waals surface area (Å²) < 4.78 is 67.8. The molecule has 0 radical (unpaired) electrons. The Balaban J connectivity index is 2.32. The fourth-order valence-corrected chi connectivity index (χ4v) is 2.01. The molecular formula is C11H2F5N5S. The average Bonchev–Trinajstić information content (AvgIpc) is 2.93. The molecule has 0 fully saturated rings. The highest BCUT2D eigenvalue weighted by Crippen LogP contribution is 2.31. The summed E-state index contributed by atoms with van der Waals surface area (Å²) in [4.78, 5) is 4.68. The zero-order valence-electron chi connectivity index (χ0n) is 10.1. The molecule has 0 spiro atoms. The van der Waals surface area contributed by atoms with Gasteiger partial charge in [-0.05, 0) is 11.9 Å². The number of nitrogens with zero attached hydrogens (tertiary/aromatic N) is 3. The quantitative estimate of drug-likeness (QED) is 0.391. The van der Waals surface area contributed by atoms with Crippen LogP contribution in [0.4, 0.5) is 27.9 Å². The number of imidazole rings is 1. The van der Waals surface area contributed by atoms with Crippen molar-refractivity contribution >= 4 is 17.9 Å². The second-order valence-corrected chi connectivity index (χ2v) is 4.45. The second-order valence-electron chi connectivity index (χ2n) is 3.64. The summed E-state index contributed by atoms with van der Waals surface area (Å²) in [6, 6.07) is 3.19. The van der Waals surface area contributed by atoms with E-state index < -0.39 is 34.0 Å². The van der Waals surface area contributed by atoms with E-state index in [4.69, 9.17) is 10.5 Å². The first-order valence-electron chi connectivity index (χ1n) is 5.25. The number of anilines is 1. The first-order chi connectivity index (χ1) is 10.4. The summed E-state index contributed by atoms with van der Waals surface area (Å²) in [6.45, 7) is 0. The lowest BCUT2D eigenvalue weighted by atomic mass is 10.3. The summed E-state index contributed by atoms with van der Waals surface area (Å²) in [5.41, 5.74) is -0.508. The Labute approximate surface area is 123 Å². The zero-order valence-corrected chi connectivity index (χ0v) is 11.0. The van der Waals surface area contributed by atoms with Gasteiger partial charge in [-0.15, -0.1) is 0 Å². The lowest BCUT2D eigenvalue weighted by Gasteiger charge is -2.07. The van der Waals surface area contributed by atoms with Crippen LogP contribution in [0.5, 0.6) is 0 Å². The molecule has 0 aliphatic heterocycles. The number of nitrogens with one attached hydrogen (secondary N) is 2. The SMILES string of the molecule is N#Cc1nc(NSc2c(F)c(F)c(F)c(F)c2F)[nH]c1C#N. The molecule has 0 saturated heterocycles. The smallest absolute Gasteiger partial charge is 0.212 e. The normalized spacial score (nSPS) is 10.1. The first kappa shape index (κ1) is 15.6. The Bertz CT molecular complexity index is 774. The lowest BCUT2D eigenvalue weighted by Crippen LogP contribution is -2.04. The minimum atomic E-state index is -2.27. The van der Waals surface area contributed by atoms with Crippen LogP contribution in [0.3, 0.4) is 0 Å². The van der Waals surface area contributed by atoms with Crippen molar-refractivity contribution in [2.75, 3.05) is 4.72 Å². The summed E-state index contributed by atoms with van der Waals surface area (Å²) in [5, 5.41) is 17.3. The molecule has 22 heavy (non-hydrogen) atoms. The van der Waals surface area contributed by atoms with E-state index >= 15 is 0 Å². The van der Waals surface area contributed by atoms with Crippen molar-refractivity contribution in [3.8, 4) is 12.1 Å². The van der Waals surface area contributed by atoms with Crippen molar-refractivity contribution in [3.05, 3.63) is 40.5 Å². The van der Waals surface area contributed by atoms with Gasteiger partial charge in [0.25, 0.3) is 0 Å². The molecule has 2 aromatic rings. The lowest BCUT2D eigenvalue weighted by molar-refractivity contribution is 0.361. The molecule has 2 N–H and O–H groups in total. The molecule has 1 heterocycles. The fourth-order valence-electron chi connectivity index (χ4n) is 1.36. The predicted molar refractivity (Wildman–Crippen MR) is 63.7 cm³/mol. The van der Waals surface area contributed by atoms with E-state index in [2.05, 4.69) is 14.7 Å². The molecule has 0 bridgehead atoms. The molecule has 112 valence electrons. The second kappa shape index (κ2) is 5.91. The van der Waals surface area contributed by atoms with E-state index in [1.807, 2.05) is 0 Å². The van der Waals surface area contributed by atoms with Crippen molar-refractivity contribution < 1.29 is 22.0 Å². The summed E-state index contributed by atoms with van der Waals surface area (Å²) in [5.74, 6) is -10.7. The maximum absolute atomic E-state index is 13.4. The van der Waals surface area contributed by atoms with Crippen molar-refractivity contribution in [2.24, 2.45) is 0 Å². The Hall–Kier alpha value is -2.79. The molecule has 11 heteroatoms. The van der Waals surface area contributed by atoms with Crippen LogP contribution in [0, 0.1) is 51.7 Å². The van der Waals surface area contributed by atoms with E-state index in [0.717, 1.165) is 0 Å². The van der Waals surface area contributed by atoms with Crippen molar-refractivity contribution in [1.29, 1.82) is 10.5 Å². The number of halogens is 5. The third-order valence-corrected chi connectivity index (χ3v) is 3.20. The summed E-state index contributed by atoms with van der Waals surface area (Å²) in [7, 11) is 0. The maximum Gasteiger partial charge on any atom is 0.212 e. The topological polar surface area (TPSA) is 88.3 Å². The van der Waals surface area contributed by atoms with Crippen molar-refractivity contribution in [3.63, 3.8) is 0 Å². The number of hydrogen-bond acceptors (Lipinski definition) is 5. The highest BCUT2D eigenvalue weighted by atomic mass is 32.2. The van der Waals surface area contributed by atoms with E-state index in [9.17, 15) is 22.0 Å². The fraction of sp³-hybridized carbons (Fsp3) is 0. The van der Waals surface area contributed by atoms with Crippen LogP contribution in [-0.2, 0) is 0 Å². The minimum absolute atomic E-state index is 0.0476. The molecule has 5 nitrogen and oxygen atoms in total. The van der Waals surface area contributed by atoms with Crippen LogP contribution in [0.2, 0.25) is 0 Å². The van der Waals surface area contributed by atoms with Gasteiger partial charge in [0.15, 0.2) is 34.7 Å². The minimum Gasteiger partial charge on any atom is -0.314 e. The number of rotatable bonds is 3. The van der Waals surface area contributed by atoms with E-state index in [1.165, 1.54) is 0 Å². The first-order valence-corrected chi connectivity index (χ1v) is 6.06. The van der Waals surface area contributed by atoms with Crippen LogP contribution in [0.1, 0.15) is 11.4 Å². The monoisotopic (exact) mass is 331 g/mol. The number of nitriles is 2. The van der Waals surface area contributed by atoms with Crippen LogP contribution in [0.15, 0.2) is 4.90 Å². The Morgan fingerprint density at radius 2 is 1.45 bits per heavy atom. The maximum atomic E-state index is 13.4. The van der Waals surface area contributed by atoms with E-state index in [0.29, 0.717) is 0 Å². The van der Waals surface area contributed by atoms with Gasteiger partial charge in [0, 0.05) is 0 Å². The number of H-pyrrole nitrogens is 1. The molecule has 1 aromatic carbocycles. The van der Waals surface area contributed by atoms with Gasteiger partial charge in [0.2, 0.25) is 11.8 Å². The molecule has 1 aromatic heterocycles. The van der Waals surface area contributed by atoms with Gasteiger partial charge in [-0.1, -0.05) is 0 Å².